The summed E-state index contributed by atoms with van der Waals surface area (Å²) >= 11 is 0. The Labute approximate surface area is 119 Å². The van der Waals surface area contributed by atoms with Crippen LogP contribution in [0.25, 0.3) is 0 Å². The molecule has 1 aliphatic heterocycles. The highest BCUT2D eigenvalue weighted by atomic mass is 16.2. The molecule has 3 nitrogen and oxygen atoms in total. The van der Waals surface area contributed by atoms with Gasteiger partial charge >= 0.3 is 0 Å². The van der Waals surface area contributed by atoms with E-state index >= 15 is 0 Å². The Kier molecular flexibility index (Phi) is 3.35. The Bertz CT molecular complexity index is 623. The van der Waals surface area contributed by atoms with E-state index in [9.17, 15) is 4.79 Å². The Balaban J connectivity index is 1.74. The van der Waals surface area contributed by atoms with Gasteiger partial charge in [0.05, 0.1) is 0 Å². The van der Waals surface area contributed by atoms with Crippen molar-refractivity contribution in [3.05, 3.63) is 58.9 Å². The van der Waals surface area contributed by atoms with E-state index in [1.54, 1.807) is 0 Å². The topological polar surface area (TPSA) is 25.2 Å². The zero-order chi connectivity index (χ0) is 14.1. The molecular formula is C17H20N2O. The minimum Gasteiger partial charge on any atom is -0.340 e. The van der Waals surface area contributed by atoms with Gasteiger partial charge in [-0.1, -0.05) is 24.3 Å². The molecule has 1 aromatic heterocycles. The van der Waals surface area contributed by atoms with Crippen molar-refractivity contribution in [1.29, 1.82) is 0 Å². The molecule has 0 unspecified atom stereocenters. The maximum atomic E-state index is 12.5. The number of benzene rings is 1. The molecule has 0 spiro atoms. The highest BCUT2D eigenvalue weighted by Crippen LogP contribution is 2.19. The van der Waals surface area contributed by atoms with Crippen molar-refractivity contribution in [2.24, 2.45) is 0 Å². The number of carbonyl (C=O) groups is 1. The molecule has 0 aliphatic carbocycles. The van der Waals surface area contributed by atoms with Crippen molar-refractivity contribution in [3.63, 3.8) is 0 Å². The lowest BCUT2D eigenvalue weighted by atomic mass is 10.00. The molecule has 0 fully saturated rings. The van der Waals surface area contributed by atoms with E-state index in [1.807, 2.05) is 24.8 Å². The number of hydrogen-bond acceptors (Lipinski definition) is 1. The minimum absolute atomic E-state index is 0.210. The number of aryl methyl sites for hydroxylation is 2. The van der Waals surface area contributed by atoms with Gasteiger partial charge in [-0.25, -0.2) is 0 Å². The average molecular weight is 268 g/mol. The number of carbonyl (C=O) groups excluding carboxylic acids is 1. The molecular weight excluding hydrogens is 248 g/mol. The number of nitrogens with zero attached hydrogens (tertiary/aromatic N) is 2. The maximum absolute atomic E-state index is 12.5. The molecule has 2 heterocycles. The number of amides is 1. The number of aromatic nitrogens is 1. The van der Waals surface area contributed by atoms with Gasteiger partial charge in [-0.2, -0.15) is 0 Å². The van der Waals surface area contributed by atoms with E-state index in [0.717, 1.165) is 30.9 Å². The summed E-state index contributed by atoms with van der Waals surface area (Å²) in [4.78, 5) is 14.5. The Morgan fingerprint density at radius 3 is 2.40 bits per heavy atom. The highest BCUT2D eigenvalue weighted by molar-refractivity contribution is 5.76. The van der Waals surface area contributed by atoms with Crippen LogP contribution in [-0.4, -0.2) is 21.9 Å². The molecule has 0 saturated carbocycles. The molecule has 20 heavy (non-hydrogen) atoms. The Morgan fingerprint density at radius 2 is 1.70 bits per heavy atom. The largest absolute Gasteiger partial charge is 0.340 e. The summed E-state index contributed by atoms with van der Waals surface area (Å²) in [5.74, 6) is 0.210. The van der Waals surface area contributed by atoms with Gasteiger partial charge < -0.3 is 9.47 Å². The van der Waals surface area contributed by atoms with Gasteiger partial charge in [-0.05, 0) is 43.5 Å². The average Bonchev–Trinajstić information content (AvgIpc) is 2.78. The van der Waals surface area contributed by atoms with Gasteiger partial charge in [0, 0.05) is 24.5 Å². The first-order valence-electron chi connectivity index (χ1n) is 7.12. The molecule has 104 valence electrons. The number of rotatable bonds is 2. The van der Waals surface area contributed by atoms with Crippen LogP contribution in [0.4, 0.5) is 0 Å². The summed E-state index contributed by atoms with van der Waals surface area (Å²) in [5.41, 5.74) is 4.96. The molecule has 0 radical (unpaired) electrons. The summed E-state index contributed by atoms with van der Waals surface area (Å²) in [6.45, 7) is 6.12. The van der Waals surface area contributed by atoms with Crippen LogP contribution in [0.15, 0.2) is 36.4 Å². The lowest BCUT2D eigenvalue weighted by Gasteiger charge is -2.29. The van der Waals surface area contributed by atoms with E-state index in [2.05, 4.69) is 34.9 Å². The second kappa shape index (κ2) is 5.16. The third-order valence-electron chi connectivity index (χ3n) is 4.19. The normalized spacial score (nSPS) is 14.2. The summed E-state index contributed by atoms with van der Waals surface area (Å²) in [5, 5.41) is 0. The second-order valence-corrected chi connectivity index (χ2v) is 5.54. The standard InChI is InChI=1S/C17H20N2O/c1-13-7-8-14(2)19(13)12-17(20)18-10-9-15-5-3-4-6-16(15)11-18/h3-8H,9-12H2,1-2H3. The summed E-state index contributed by atoms with van der Waals surface area (Å²) in [7, 11) is 0. The molecule has 3 heteroatoms. The third kappa shape index (κ3) is 2.36. The summed E-state index contributed by atoms with van der Waals surface area (Å²) in [6.07, 6.45) is 0.964. The first-order valence-corrected chi connectivity index (χ1v) is 7.12. The van der Waals surface area contributed by atoms with Gasteiger partial charge in [0.2, 0.25) is 5.91 Å². The second-order valence-electron chi connectivity index (χ2n) is 5.54. The quantitative estimate of drug-likeness (QED) is 0.822. The first kappa shape index (κ1) is 13.0. The zero-order valence-corrected chi connectivity index (χ0v) is 12.1. The van der Waals surface area contributed by atoms with Crippen LogP contribution in [0.1, 0.15) is 22.5 Å². The van der Waals surface area contributed by atoms with Crippen molar-refractivity contribution in [3.8, 4) is 0 Å². The minimum atomic E-state index is 0.210. The summed E-state index contributed by atoms with van der Waals surface area (Å²) in [6, 6.07) is 12.5. The van der Waals surface area contributed by atoms with Crippen molar-refractivity contribution in [2.45, 2.75) is 33.4 Å². The van der Waals surface area contributed by atoms with E-state index in [1.165, 1.54) is 11.1 Å². The van der Waals surface area contributed by atoms with E-state index in [4.69, 9.17) is 0 Å². The number of hydrogen-bond donors (Lipinski definition) is 0. The molecule has 2 aromatic rings. The van der Waals surface area contributed by atoms with E-state index in [0.29, 0.717) is 6.54 Å². The van der Waals surface area contributed by atoms with Crippen molar-refractivity contribution in [1.82, 2.24) is 9.47 Å². The van der Waals surface area contributed by atoms with Gasteiger partial charge in [-0.3, -0.25) is 4.79 Å². The predicted octanol–water partition coefficient (Wildman–Crippen LogP) is 2.69. The SMILES string of the molecule is Cc1ccc(C)n1CC(=O)N1CCc2ccccc2C1. The molecule has 0 saturated heterocycles. The van der Waals surface area contributed by atoms with Crippen molar-refractivity contribution in [2.75, 3.05) is 6.54 Å². The van der Waals surface area contributed by atoms with Gasteiger partial charge in [-0.15, -0.1) is 0 Å². The zero-order valence-electron chi connectivity index (χ0n) is 12.1. The molecule has 0 bridgehead atoms. The predicted molar refractivity (Wildman–Crippen MR) is 79.5 cm³/mol. The Morgan fingerprint density at radius 1 is 1.05 bits per heavy atom. The van der Waals surface area contributed by atoms with Gasteiger partial charge in [0.25, 0.3) is 0 Å². The monoisotopic (exact) mass is 268 g/mol. The van der Waals surface area contributed by atoms with Crippen LogP contribution in [0, 0.1) is 13.8 Å². The summed E-state index contributed by atoms with van der Waals surface area (Å²) < 4.78 is 2.09. The van der Waals surface area contributed by atoms with E-state index < -0.39 is 0 Å². The van der Waals surface area contributed by atoms with Crippen LogP contribution in [0.3, 0.4) is 0 Å². The van der Waals surface area contributed by atoms with Crippen LogP contribution in [0.5, 0.6) is 0 Å². The van der Waals surface area contributed by atoms with E-state index in [-0.39, 0.29) is 5.91 Å². The van der Waals surface area contributed by atoms with Crippen LogP contribution in [-0.2, 0) is 24.3 Å². The lowest BCUT2D eigenvalue weighted by Crippen LogP contribution is -2.38. The van der Waals surface area contributed by atoms with Crippen LogP contribution >= 0.6 is 0 Å². The molecule has 0 atom stereocenters. The maximum Gasteiger partial charge on any atom is 0.242 e. The van der Waals surface area contributed by atoms with Crippen molar-refractivity contribution >= 4 is 5.91 Å². The molecule has 3 rings (SSSR count). The fourth-order valence-electron chi connectivity index (χ4n) is 2.89. The van der Waals surface area contributed by atoms with Gasteiger partial charge in [0.15, 0.2) is 0 Å². The van der Waals surface area contributed by atoms with Crippen molar-refractivity contribution < 1.29 is 4.79 Å². The fraction of sp³-hybridized carbons (Fsp3) is 0.353. The lowest BCUT2D eigenvalue weighted by molar-refractivity contribution is -0.132. The van der Waals surface area contributed by atoms with Crippen LogP contribution < -0.4 is 0 Å². The highest BCUT2D eigenvalue weighted by Gasteiger charge is 2.20. The Hall–Kier alpha value is -2.03. The molecule has 1 aromatic carbocycles. The smallest absolute Gasteiger partial charge is 0.242 e. The van der Waals surface area contributed by atoms with Gasteiger partial charge in [0.1, 0.15) is 6.54 Å². The third-order valence-corrected chi connectivity index (χ3v) is 4.19. The number of fused-ring (bicyclic) bond motifs is 1. The molecule has 1 aliphatic rings. The fourth-order valence-corrected chi connectivity index (χ4v) is 2.89. The van der Waals surface area contributed by atoms with Crippen LogP contribution in [0.2, 0.25) is 0 Å². The molecule has 0 N–H and O–H groups in total. The first-order chi connectivity index (χ1) is 9.65. The molecule has 1 amide bonds.